The van der Waals surface area contributed by atoms with Crippen molar-refractivity contribution in [2.24, 2.45) is 5.92 Å². The largest absolute Gasteiger partial charge is 0.418 e. The molecule has 0 saturated carbocycles. The Morgan fingerprint density at radius 3 is 2.48 bits per heavy atom. The van der Waals surface area contributed by atoms with Gasteiger partial charge >= 0.3 is 12.2 Å². The molecule has 1 aromatic carbocycles. The summed E-state index contributed by atoms with van der Waals surface area (Å²) >= 11 is 0. The zero-order valence-electron chi connectivity index (χ0n) is 11.6. The van der Waals surface area contributed by atoms with Crippen molar-refractivity contribution < 1.29 is 22.8 Å². The van der Waals surface area contributed by atoms with E-state index in [1.165, 1.54) is 12.1 Å². The summed E-state index contributed by atoms with van der Waals surface area (Å²) in [5.41, 5.74) is -1.43. The normalized spacial score (nSPS) is 20.6. The van der Waals surface area contributed by atoms with E-state index in [9.17, 15) is 22.8 Å². The van der Waals surface area contributed by atoms with Crippen LogP contribution in [-0.4, -0.2) is 18.0 Å². The Morgan fingerprint density at radius 1 is 1.29 bits per heavy atom. The summed E-state index contributed by atoms with van der Waals surface area (Å²) in [6.45, 7) is 3.61. The molecule has 0 spiro atoms. The fourth-order valence-electron chi connectivity index (χ4n) is 2.26. The van der Waals surface area contributed by atoms with E-state index in [0.717, 1.165) is 12.1 Å². The van der Waals surface area contributed by atoms with Crippen molar-refractivity contribution in [2.75, 3.05) is 4.90 Å². The first-order chi connectivity index (χ1) is 9.77. The molecule has 2 unspecified atom stereocenters. The van der Waals surface area contributed by atoms with Crippen LogP contribution in [0.5, 0.6) is 0 Å². The number of halogens is 3. The van der Waals surface area contributed by atoms with E-state index in [-0.39, 0.29) is 5.92 Å². The van der Waals surface area contributed by atoms with Crippen molar-refractivity contribution in [2.45, 2.75) is 32.5 Å². The van der Waals surface area contributed by atoms with Crippen LogP contribution in [0, 0.1) is 5.92 Å². The maximum absolute atomic E-state index is 13.0. The molecule has 1 fully saturated rings. The Balaban J connectivity index is 2.44. The maximum Gasteiger partial charge on any atom is 0.418 e. The average molecular weight is 300 g/mol. The summed E-state index contributed by atoms with van der Waals surface area (Å²) in [5, 5.41) is 2.45. The van der Waals surface area contributed by atoms with Crippen LogP contribution in [0.3, 0.4) is 0 Å². The number of nitrogens with one attached hydrogen (secondary N) is 1. The Hall–Kier alpha value is -2.05. The Kier molecular flexibility index (Phi) is 3.93. The molecule has 1 aliphatic heterocycles. The second-order valence-electron chi connectivity index (χ2n) is 5.00. The van der Waals surface area contributed by atoms with Crippen LogP contribution >= 0.6 is 0 Å². The van der Waals surface area contributed by atoms with Gasteiger partial charge in [-0.25, -0.2) is 9.69 Å². The van der Waals surface area contributed by atoms with Crippen LogP contribution in [0.1, 0.15) is 25.8 Å². The topological polar surface area (TPSA) is 49.4 Å². The van der Waals surface area contributed by atoms with Crippen LogP contribution in [0.4, 0.5) is 23.7 Å². The number of carbonyl (C=O) groups is 2. The average Bonchev–Trinajstić information content (AvgIpc) is 2.72. The minimum atomic E-state index is -4.63. The number of urea groups is 1. The third kappa shape index (κ3) is 2.72. The van der Waals surface area contributed by atoms with Gasteiger partial charge in [-0.15, -0.1) is 0 Å². The van der Waals surface area contributed by atoms with E-state index in [1.807, 2.05) is 6.92 Å². The number of rotatable bonds is 3. The van der Waals surface area contributed by atoms with Gasteiger partial charge in [-0.2, -0.15) is 13.2 Å². The zero-order valence-corrected chi connectivity index (χ0v) is 11.6. The van der Waals surface area contributed by atoms with Crippen LogP contribution in [0.25, 0.3) is 0 Å². The Labute approximate surface area is 119 Å². The maximum atomic E-state index is 13.0. The van der Waals surface area contributed by atoms with Gasteiger partial charge in [-0.3, -0.25) is 4.79 Å². The number of hydrogen-bond acceptors (Lipinski definition) is 2. The van der Waals surface area contributed by atoms with Gasteiger partial charge in [0.1, 0.15) is 6.04 Å². The molecule has 0 aromatic heterocycles. The van der Waals surface area contributed by atoms with Gasteiger partial charge in [0, 0.05) is 0 Å². The van der Waals surface area contributed by atoms with Gasteiger partial charge in [-0.1, -0.05) is 32.4 Å². The highest BCUT2D eigenvalue weighted by atomic mass is 19.4. The standard InChI is InChI=1S/C14H15F3N2O2/c1-3-8(2)11-12(20)19(13(21)18-11)10-7-5-4-6-9(10)14(15,16)17/h4-8,11H,3H2,1-2H3,(H,18,21). The first kappa shape index (κ1) is 15.3. The van der Waals surface area contributed by atoms with Crippen molar-refractivity contribution in [3.63, 3.8) is 0 Å². The van der Waals surface area contributed by atoms with Crippen molar-refractivity contribution in [3.8, 4) is 0 Å². The van der Waals surface area contributed by atoms with Gasteiger partial charge in [0.05, 0.1) is 11.3 Å². The number of para-hydroxylation sites is 1. The highest BCUT2D eigenvalue weighted by Gasteiger charge is 2.45. The summed E-state index contributed by atoms with van der Waals surface area (Å²) in [6, 6.07) is 2.95. The molecule has 0 radical (unpaired) electrons. The highest BCUT2D eigenvalue weighted by molar-refractivity contribution is 6.21. The number of benzene rings is 1. The molecule has 0 bridgehead atoms. The highest BCUT2D eigenvalue weighted by Crippen LogP contribution is 2.37. The molecule has 1 heterocycles. The van der Waals surface area contributed by atoms with Crippen LogP contribution in [-0.2, 0) is 11.0 Å². The number of alkyl halides is 3. The molecule has 0 aliphatic carbocycles. The summed E-state index contributed by atoms with van der Waals surface area (Å²) in [7, 11) is 0. The van der Waals surface area contributed by atoms with E-state index < -0.39 is 35.4 Å². The van der Waals surface area contributed by atoms with Gasteiger partial charge in [0.25, 0.3) is 5.91 Å². The van der Waals surface area contributed by atoms with Crippen LogP contribution in [0.2, 0.25) is 0 Å². The van der Waals surface area contributed by atoms with Gasteiger partial charge < -0.3 is 5.32 Å². The molecular formula is C14H15F3N2O2. The minimum absolute atomic E-state index is 0.149. The molecule has 4 nitrogen and oxygen atoms in total. The molecule has 1 saturated heterocycles. The number of anilines is 1. The number of nitrogens with zero attached hydrogens (tertiary/aromatic N) is 1. The summed E-state index contributed by atoms with van der Waals surface area (Å²) in [6.07, 6.45) is -4.00. The van der Waals surface area contributed by atoms with Crippen molar-refractivity contribution in [3.05, 3.63) is 29.8 Å². The lowest BCUT2D eigenvalue weighted by molar-refractivity contribution is -0.137. The monoisotopic (exact) mass is 300 g/mol. The molecule has 3 amide bonds. The molecule has 1 aromatic rings. The number of amides is 3. The van der Waals surface area contributed by atoms with E-state index in [1.54, 1.807) is 6.92 Å². The van der Waals surface area contributed by atoms with Crippen LogP contribution < -0.4 is 10.2 Å². The predicted octanol–water partition coefficient (Wildman–Crippen LogP) is 3.18. The SMILES string of the molecule is CCC(C)C1NC(=O)N(c2ccccc2C(F)(F)F)C1=O. The summed E-state index contributed by atoms with van der Waals surface area (Å²) in [5.74, 6) is -0.796. The lowest BCUT2D eigenvalue weighted by Gasteiger charge is -2.19. The molecule has 1 aliphatic rings. The fraction of sp³-hybridized carbons (Fsp3) is 0.429. The second-order valence-corrected chi connectivity index (χ2v) is 5.00. The molecule has 7 heteroatoms. The van der Waals surface area contributed by atoms with Gasteiger partial charge in [-0.05, 0) is 18.1 Å². The summed E-state index contributed by atoms with van der Waals surface area (Å²) < 4.78 is 39.0. The summed E-state index contributed by atoms with van der Waals surface area (Å²) in [4.78, 5) is 24.8. The Bertz CT molecular complexity index is 572. The Morgan fingerprint density at radius 2 is 1.90 bits per heavy atom. The smallest absolute Gasteiger partial charge is 0.325 e. The van der Waals surface area contributed by atoms with E-state index >= 15 is 0 Å². The molecule has 2 atom stereocenters. The first-order valence-corrected chi connectivity index (χ1v) is 6.58. The first-order valence-electron chi connectivity index (χ1n) is 6.58. The molecular weight excluding hydrogens is 285 g/mol. The third-order valence-corrected chi connectivity index (χ3v) is 3.63. The quantitative estimate of drug-likeness (QED) is 0.872. The van der Waals surface area contributed by atoms with Crippen LogP contribution in [0.15, 0.2) is 24.3 Å². The number of imide groups is 1. The van der Waals surface area contributed by atoms with Crippen molar-refractivity contribution >= 4 is 17.6 Å². The molecule has 1 N–H and O–H groups in total. The molecule has 21 heavy (non-hydrogen) atoms. The third-order valence-electron chi connectivity index (χ3n) is 3.63. The number of carbonyl (C=O) groups excluding carboxylic acids is 2. The van der Waals surface area contributed by atoms with Crippen molar-refractivity contribution in [1.82, 2.24) is 5.32 Å². The van der Waals surface area contributed by atoms with E-state index in [2.05, 4.69) is 5.32 Å². The zero-order chi connectivity index (χ0) is 15.8. The van der Waals surface area contributed by atoms with E-state index in [0.29, 0.717) is 11.3 Å². The van der Waals surface area contributed by atoms with Gasteiger partial charge in [0.15, 0.2) is 0 Å². The van der Waals surface area contributed by atoms with Gasteiger partial charge in [0.2, 0.25) is 0 Å². The molecule has 2 rings (SSSR count). The fourth-order valence-corrected chi connectivity index (χ4v) is 2.26. The van der Waals surface area contributed by atoms with Crippen molar-refractivity contribution in [1.29, 1.82) is 0 Å². The molecule has 114 valence electrons. The number of hydrogen-bond donors (Lipinski definition) is 1. The second kappa shape index (κ2) is 5.38. The predicted molar refractivity (Wildman–Crippen MR) is 70.7 cm³/mol. The lowest BCUT2D eigenvalue weighted by Crippen LogP contribution is -2.36. The van der Waals surface area contributed by atoms with E-state index in [4.69, 9.17) is 0 Å². The lowest BCUT2D eigenvalue weighted by atomic mass is 9.99. The minimum Gasteiger partial charge on any atom is -0.325 e.